The molecule has 0 atom stereocenters. The second-order valence-electron chi connectivity index (χ2n) is 6.26. The number of hydroxylamine groups is 2. The van der Waals surface area contributed by atoms with Crippen LogP contribution in [0.3, 0.4) is 0 Å². The van der Waals surface area contributed by atoms with Gasteiger partial charge in [0.2, 0.25) is 0 Å². The van der Waals surface area contributed by atoms with Gasteiger partial charge >= 0.3 is 13.2 Å². The lowest BCUT2D eigenvalue weighted by molar-refractivity contribution is -0.101. The first-order valence-corrected chi connectivity index (χ1v) is 7.48. The fourth-order valence-corrected chi connectivity index (χ4v) is 2.12. The van der Waals surface area contributed by atoms with E-state index in [1.165, 1.54) is 0 Å². The molecule has 120 valence electrons. The molecule has 0 unspecified atom stereocenters. The van der Waals surface area contributed by atoms with E-state index in [2.05, 4.69) is 0 Å². The molecule has 1 aliphatic heterocycles. The van der Waals surface area contributed by atoms with Crippen LogP contribution in [0.25, 0.3) is 0 Å². The molecule has 1 aliphatic rings. The largest absolute Gasteiger partial charge is 0.508 e. The third-order valence-electron chi connectivity index (χ3n) is 3.22. The van der Waals surface area contributed by atoms with Gasteiger partial charge in [0.05, 0.1) is 0 Å². The molecule has 7 heteroatoms. The fourth-order valence-electron chi connectivity index (χ4n) is 2.12. The molecular weight excluding hydrogens is 283 g/mol. The molecule has 1 saturated heterocycles. The molecule has 0 radical (unpaired) electrons. The summed E-state index contributed by atoms with van der Waals surface area (Å²) in [6, 6.07) is 9.20. The zero-order chi connectivity index (χ0) is 16.2. The third-order valence-corrected chi connectivity index (χ3v) is 3.22. The number of nitrogens with zero attached hydrogens (tertiary/aromatic N) is 2. The van der Waals surface area contributed by atoms with E-state index in [0.717, 1.165) is 0 Å². The Kier molecular flexibility index (Phi) is 5.44. The lowest BCUT2D eigenvalue weighted by atomic mass is 9.80. The molecule has 1 aromatic carbocycles. The summed E-state index contributed by atoms with van der Waals surface area (Å²) in [5, 5.41) is 11.7. The van der Waals surface area contributed by atoms with Crippen molar-refractivity contribution in [2.45, 2.75) is 26.4 Å². The van der Waals surface area contributed by atoms with Crippen LogP contribution in [0.15, 0.2) is 30.3 Å². The first kappa shape index (κ1) is 16.8. The molecule has 0 bridgehead atoms. The van der Waals surface area contributed by atoms with Crippen LogP contribution in [0, 0.1) is 0 Å². The van der Waals surface area contributed by atoms with E-state index in [4.69, 9.17) is 9.49 Å². The maximum Gasteiger partial charge on any atom is 0.508 e. The van der Waals surface area contributed by atoms with Crippen LogP contribution in [0.4, 0.5) is 4.79 Å². The van der Waals surface area contributed by atoms with Gasteiger partial charge in [-0.1, -0.05) is 30.3 Å². The van der Waals surface area contributed by atoms with Crippen molar-refractivity contribution in [1.82, 2.24) is 9.96 Å². The van der Waals surface area contributed by atoms with Crippen LogP contribution in [0.2, 0.25) is 0 Å². The third kappa shape index (κ3) is 5.01. The average Bonchev–Trinajstić information content (AvgIpc) is 2.47. The summed E-state index contributed by atoms with van der Waals surface area (Å²) in [5.41, 5.74) is 0.214. The molecule has 2 rings (SSSR count). The van der Waals surface area contributed by atoms with Gasteiger partial charge in [-0.05, 0) is 26.2 Å². The van der Waals surface area contributed by atoms with Gasteiger partial charge in [-0.15, -0.1) is 0 Å². The maximum atomic E-state index is 12.0. The van der Waals surface area contributed by atoms with E-state index in [1.54, 1.807) is 9.96 Å². The van der Waals surface area contributed by atoms with Crippen LogP contribution in [-0.4, -0.2) is 60.0 Å². The van der Waals surface area contributed by atoms with Crippen LogP contribution in [0.5, 0.6) is 0 Å². The zero-order valence-electron chi connectivity index (χ0n) is 13.4. The summed E-state index contributed by atoms with van der Waals surface area (Å²) in [7, 11) is -0.991. The van der Waals surface area contributed by atoms with Crippen molar-refractivity contribution < 1.29 is 19.3 Å². The summed E-state index contributed by atoms with van der Waals surface area (Å²) < 4.78 is 10.9. The van der Waals surface area contributed by atoms with Crippen molar-refractivity contribution in [3.05, 3.63) is 30.3 Å². The minimum absolute atomic E-state index is 0.309. The SMILES string of the molecule is CC(C)(C)OC(=O)N1CCN(OB(O)c2ccccc2)CC1. The number of carbonyl (C=O) groups is 1. The molecule has 0 aromatic heterocycles. The number of carbonyl (C=O) groups excluding carboxylic acids is 1. The number of ether oxygens (including phenoxy) is 1. The first-order chi connectivity index (χ1) is 10.3. The lowest BCUT2D eigenvalue weighted by Gasteiger charge is -2.35. The van der Waals surface area contributed by atoms with Crippen molar-refractivity contribution in [3.63, 3.8) is 0 Å². The van der Waals surface area contributed by atoms with E-state index >= 15 is 0 Å². The van der Waals surface area contributed by atoms with E-state index in [1.807, 2.05) is 51.1 Å². The molecule has 1 amide bonds. The van der Waals surface area contributed by atoms with Crippen LogP contribution in [-0.2, 0) is 9.49 Å². The van der Waals surface area contributed by atoms with Gasteiger partial charge in [0.15, 0.2) is 0 Å². The quantitative estimate of drug-likeness (QED) is 0.839. The van der Waals surface area contributed by atoms with Crippen molar-refractivity contribution in [2.24, 2.45) is 0 Å². The molecule has 1 aromatic rings. The number of hydrogen-bond acceptors (Lipinski definition) is 5. The Hall–Kier alpha value is -1.57. The minimum Gasteiger partial charge on any atom is -0.444 e. The Morgan fingerprint density at radius 2 is 1.73 bits per heavy atom. The normalized spacial score (nSPS) is 16.5. The number of rotatable bonds is 3. The Morgan fingerprint density at radius 3 is 2.27 bits per heavy atom. The zero-order valence-corrected chi connectivity index (χ0v) is 13.4. The topological polar surface area (TPSA) is 62.2 Å². The summed E-state index contributed by atoms with van der Waals surface area (Å²) in [5.74, 6) is 0. The average molecular weight is 306 g/mol. The standard InChI is InChI=1S/C15H23BN2O4/c1-15(2,3)21-14(19)17-9-11-18(12-10-17)22-16(20)13-7-5-4-6-8-13/h4-8,20H,9-12H2,1-3H3. The van der Waals surface area contributed by atoms with E-state index in [9.17, 15) is 9.82 Å². The summed E-state index contributed by atoms with van der Waals surface area (Å²) >= 11 is 0. The number of piperazine rings is 1. The molecule has 1 fully saturated rings. The lowest BCUT2D eigenvalue weighted by Crippen LogP contribution is -2.52. The van der Waals surface area contributed by atoms with E-state index in [0.29, 0.717) is 31.6 Å². The molecule has 0 saturated carbocycles. The molecule has 22 heavy (non-hydrogen) atoms. The monoisotopic (exact) mass is 306 g/mol. The second-order valence-corrected chi connectivity index (χ2v) is 6.26. The molecular formula is C15H23BN2O4. The van der Waals surface area contributed by atoms with Crippen molar-refractivity contribution in [2.75, 3.05) is 26.2 Å². The Morgan fingerprint density at radius 1 is 1.14 bits per heavy atom. The maximum absolute atomic E-state index is 12.0. The minimum atomic E-state index is -0.991. The molecule has 0 spiro atoms. The fraction of sp³-hybridized carbons (Fsp3) is 0.533. The van der Waals surface area contributed by atoms with Crippen LogP contribution < -0.4 is 5.46 Å². The van der Waals surface area contributed by atoms with Crippen molar-refractivity contribution in [1.29, 1.82) is 0 Å². The Labute approximate surface area is 131 Å². The smallest absolute Gasteiger partial charge is 0.444 e. The van der Waals surface area contributed by atoms with Gasteiger partial charge in [0.1, 0.15) is 5.60 Å². The highest BCUT2D eigenvalue weighted by Crippen LogP contribution is 2.12. The van der Waals surface area contributed by atoms with Gasteiger partial charge in [-0.25, -0.2) is 4.79 Å². The highest BCUT2D eigenvalue weighted by Gasteiger charge is 2.28. The summed E-state index contributed by atoms with van der Waals surface area (Å²) in [4.78, 5) is 13.6. The second kappa shape index (κ2) is 7.13. The van der Waals surface area contributed by atoms with Gasteiger partial charge in [0.25, 0.3) is 0 Å². The van der Waals surface area contributed by atoms with Crippen LogP contribution in [0.1, 0.15) is 20.8 Å². The van der Waals surface area contributed by atoms with Crippen molar-refractivity contribution >= 4 is 18.7 Å². The Balaban J connectivity index is 1.79. The molecule has 1 N–H and O–H groups in total. The Bertz CT molecular complexity index is 484. The molecule has 6 nitrogen and oxygen atoms in total. The van der Waals surface area contributed by atoms with E-state index < -0.39 is 12.7 Å². The van der Waals surface area contributed by atoms with Gasteiger partial charge in [-0.3, -0.25) is 0 Å². The number of amides is 1. The van der Waals surface area contributed by atoms with Gasteiger partial charge < -0.3 is 19.4 Å². The predicted octanol–water partition coefficient (Wildman–Crippen LogP) is 0.858. The summed E-state index contributed by atoms with van der Waals surface area (Å²) in [6.45, 7) is 7.63. The predicted molar refractivity (Wildman–Crippen MR) is 84.5 cm³/mol. The molecule has 1 heterocycles. The highest BCUT2D eigenvalue weighted by atomic mass is 16.7. The number of hydrogen-bond donors (Lipinski definition) is 1. The van der Waals surface area contributed by atoms with E-state index in [-0.39, 0.29) is 6.09 Å². The molecule has 0 aliphatic carbocycles. The summed E-state index contributed by atoms with van der Waals surface area (Å²) in [6.07, 6.45) is -0.309. The number of benzene rings is 1. The van der Waals surface area contributed by atoms with Gasteiger partial charge in [0, 0.05) is 26.2 Å². The first-order valence-electron chi connectivity index (χ1n) is 7.48. The van der Waals surface area contributed by atoms with Crippen molar-refractivity contribution in [3.8, 4) is 0 Å². The highest BCUT2D eigenvalue weighted by molar-refractivity contribution is 6.59. The van der Waals surface area contributed by atoms with Crippen LogP contribution >= 0.6 is 0 Å². The van der Waals surface area contributed by atoms with Gasteiger partial charge in [-0.2, -0.15) is 5.06 Å².